The van der Waals surface area contributed by atoms with Gasteiger partial charge in [0.2, 0.25) is 0 Å². The Labute approximate surface area is 96.9 Å². The molecule has 0 heterocycles. The highest BCUT2D eigenvalue weighted by molar-refractivity contribution is 5.26. The van der Waals surface area contributed by atoms with E-state index in [1.165, 1.54) is 12.0 Å². The van der Waals surface area contributed by atoms with Gasteiger partial charge in [-0.15, -0.1) is 0 Å². The molecule has 0 N–H and O–H groups in total. The quantitative estimate of drug-likeness (QED) is 0.757. The van der Waals surface area contributed by atoms with Crippen molar-refractivity contribution in [3.63, 3.8) is 0 Å². The Morgan fingerprint density at radius 2 is 1.88 bits per heavy atom. The van der Waals surface area contributed by atoms with Crippen LogP contribution >= 0.6 is 0 Å². The smallest absolute Gasteiger partial charge is 0.119 e. The summed E-state index contributed by atoms with van der Waals surface area (Å²) in [7, 11) is 0. The van der Waals surface area contributed by atoms with Gasteiger partial charge in [-0.3, -0.25) is 0 Å². The van der Waals surface area contributed by atoms with E-state index in [0.29, 0.717) is 0 Å². The highest BCUT2D eigenvalue weighted by Gasteiger charge is 2.26. The second-order valence-corrected chi connectivity index (χ2v) is 4.49. The van der Waals surface area contributed by atoms with Gasteiger partial charge < -0.3 is 4.74 Å². The number of hydrogen-bond donors (Lipinski definition) is 0. The third kappa shape index (κ3) is 2.55. The molecule has 1 fully saturated rings. The number of nitrogens with zero attached hydrogens (tertiary/aromatic N) is 1. The number of hydrogen-bond acceptors (Lipinski definition) is 2. The molecule has 2 nitrogen and oxygen atoms in total. The summed E-state index contributed by atoms with van der Waals surface area (Å²) in [6.45, 7) is 2.06. The molecule has 2 heteroatoms. The molecule has 1 aliphatic rings. The van der Waals surface area contributed by atoms with Crippen molar-refractivity contribution in [1.29, 1.82) is 5.26 Å². The number of ether oxygens (including phenoxy) is 1. The average Bonchev–Trinajstić information content (AvgIpc) is 2.33. The summed E-state index contributed by atoms with van der Waals surface area (Å²) in [4.78, 5) is 0. The normalized spacial score (nSPS) is 24.8. The Morgan fingerprint density at radius 1 is 1.19 bits per heavy atom. The molecule has 1 aromatic carbocycles. The zero-order chi connectivity index (χ0) is 11.4. The van der Waals surface area contributed by atoms with E-state index >= 15 is 0 Å². The third-order valence-corrected chi connectivity index (χ3v) is 3.18. The summed E-state index contributed by atoms with van der Waals surface area (Å²) >= 11 is 0. The molecule has 0 spiro atoms. The fraction of sp³-hybridized carbons (Fsp3) is 0.500. The Bertz CT molecular complexity index is 377. The summed E-state index contributed by atoms with van der Waals surface area (Å²) in [5.74, 6) is 0.952. The van der Waals surface area contributed by atoms with Crippen molar-refractivity contribution in [2.24, 2.45) is 5.92 Å². The molecule has 0 saturated heterocycles. The van der Waals surface area contributed by atoms with Crippen LogP contribution in [0.4, 0.5) is 0 Å². The summed E-state index contributed by atoms with van der Waals surface area (Å²) in [5.41, 5.74) is 1.23. The maximum absolute atomic E-state index is 9.05. The molecule has 1 aromatic rings. The third-order valence-electron chi connectivity index (χ3n) is 3.18. The van der Waals surface area contributed by atoms with E-state index in [0.717, 1.165) is 25.0 Å². The Balaban J connectivity index is 2.02. The van der Waals surface area contributed by atoms with Gasteiger partial charge in [0.1, 0.15) is 11.9 Å². The molecule has 2 rings (SSSR count). The van der Waals surface area contributed by atoms with Crippen LogP contribution in [0, 0.1) is 24.2 Å². The molecule has 0 bridgehead atoms. The van der Waals surface area contributed by atoms with Crippen LogP contribution in [0.5, 0.6) is 5.75 Å². The first kappa shape index (κ1) is 11.0. The lowest BCUT2D eigenvalue weighted by atomic mass is 9.87. The van der Waals surface area contributed by atoms with Crippen LogP contribution < -0.4 is 4.74 Å². The average molecular weight is 215 g/mol. The summed E-state index contributed by atoms with van der Waals surface area (Å²) in [5, 5.41) is 9.05. The molecule has 0 aromatic heterocycles. The van der Waals surface area contributed by atoms with E-state index in [1.807, 2.05) is 24.3 Å². The van der Waals surface area contributed by atoms with Crippen LogP contribution in [0.15, 0.2) is 24.3 Å². The predicted octanol–water partition coefficient (Wildman–Crippen LogP) is 3.46. The zero-order valence-electron chi connectivity index (χ0n) is 9.65. The van der Waals surface area contributed by atoms with Crippen LogP contribution in [0.3, 0.4) is 0 Å². The molecular weight excluding hydrogens is 198 g/mol. The highest BCUT2D eigenvalue weighted by atomic mass is 16.5. The number of nitriles is 1. The van der Waals surface area contributed by atoms with Crippen molar-refractivity contribution in [3.05, 3.63) is 29.8 Å². The molecule has 84 valence electrons. The summed E-state index contributed by atoms with van der Waals surface area (Å²) in [6.07, 6.45) is 4.40. The molecule has 0 radical (unpaired) electrons. The van der Waals surface area contributed by atoms with Gasteiger partial charge in [-0.1, -0.05) is 24.1 Å². The first-order valence-electron chi connectivity index (χ1n) is 5.92. The van der Waals surface area contributed by atoms with Crippen molar-refractivity contribution in [3.8, 4) is 11.8 Å². The SMILES string of the molecule is Cc1ccc(OC2CCCCC2C#N)cc1. The first-order valence-corrected chi connectivity index (χ1v) is 5.92. The van der Waals surface area contributed by atoms with Crippen LogP contribution in [-0.2, 0) is 0 Å². The standard InChI is InChI=1S/C14H17NO/c1-11-6-8-13(9-7-11)16-14-5-3-2-4-12(14)10-15/h6-9,12,14H,2-5H2,1H3. The minimum atomic E-state index is 0.0649. The fourth-order valence-corrected chi connectivity index (χ4v) is 2.18. The second kappa shape index (κ2) is 5.03. The number of benzene rings is 1. The van der Waals surface area contributed by atoms with Gasteiger partial charge in [-0.25, -0.2) is 0 Å². The topological polar surface area (TPSA) is 33.0 Å². The van der Waals surface area contributed by atoms with Gasteiger partial charge in [-0.2, -0.15) is 5.26 Å². The number of rotatable bonds is 2. The number of aryl methyl sites for hydroxylation is 1. The lowest BCUT2D eigenvalue weighted by Crippen LogP contribution is -2.29. The van der Waals surface area contributed by atoms with E-state index < -0.39 is 0 Å². The van der Waals surface area contributed by atoms with Crippen molar-refractivity contribution < 1.29 is 4.74 Å². The molecular formula is C14H17NO. The lowest BCUT2D eigenvalue weighted by molar-refractivity contribution is 0.120. The van der Waals surface area contributed by atoms with Crippen LogP contribution in [0.25, 0.3) is 0 Å². The monoisotopic (exact) mass is 215 g/mol. The van der Waals surface area contributed by atoms with E-state index in [2.05, 4.69) is 13.0 Å². The van der Waals surface area contributed by atoms with E-state index in [-0.39, 0.29) is 12.0 Å². The van der Waals surface area contributed by atoms with E-state index in [1.54, 1.807) is 0 Å². The van der Waals surface area contributed by atoms with Gasteiger partial charge in [0, 0.05) is 0 Å². The van der Waals surface area contributed by atoms with Crippen LogP contribution in [-0.4, -0.2) is 6.10 Å². The van der Waals surface area contributed by atoms with Gasteiger partial charge in [-0.05, 0) is 38.3 Å². The van der Waals surface area contributed by atoms with Gasteiger partial charge in [0.25, 0.3) is 0 Å². The van der Waals surface area contributed by atoms with Crippen molar-refractivity contribution in [2.75, 3.05) is 0 Å². The van der Waals surface area contributed by atoms with Crippen molar-refractivity contribution in [2.45, 2.75) is 38.7 Å². The lowest BCUT2D eigenvalue weighted by Gasteiger charge is -2.27. The fourth-order valence-electron chi connectivity index (χ4n) is 2.18. The van der Waals surface area contributed by atoms with E-state index in [4.69, 9.17) is 10.00 Å². The van der Waals surface area contributed by atoms with Gasteiger partial charge in [0.05, 0.1) is 12.0 Å². The maximum atomic E-state index is 9.05. The Morgan fingerprint density at radius 3 is 2.56 bits per heavy atom. The van der Waals surface area contributed by atoms with Crippen LogP contribution in [0.1, 0.15) is 31.2 Å². The molecule has 16 heavy (non-hydrogen) atoms. The molecule has 1 saturated carbocycles. The minimum Gasteiger partial charge on any atom is -0.489 e. The van der Waals surface area contributed by atoms with Crippen molar-refractivity contribution >= 4 is 0 Å². The van der Waals surface area contributed by atoms with Crippen LogP contribution in [0.2, 0.25) is 0 Å². The Hall–Kier alpha value is -1.49. The summed E-state index contributed by atoms with van der Waals surface area (Å²) < 4.78 is 5.89. The first-order chi connectivity index (χ1) is 7.79. The van der Waals surface area contributed by atoms with Gasteiger partial charge in [0.15, 0.2) is 0 Å². The minimum absolute atomic E-state index is 0.0649. The second-order valence-electron chi connectivity index (χ2n) is 4.49. The van der Waals surface area contributed by atoms with Gasteiger partial charge >= 0.3 is 0 Å². The molecule has 0 amide bonds. The predicted molar refractivity (Wildman–Crippen MR) is 63.2 cm³/mol. The highest BCUT2D eigenvalue weighted by Crippen LogP contribution is 2.28. The maximum Gasteiger partial charge on any atom is 0.119 e. The Kier molecular flexibility index (Phi) is 3.46. The molecule has 2 unspecified atom stereocenters. The molecule has 2 atom stereocenters. The molecule has 0 aliphatic heterocycles. The molecule has 1 aliphatic carbocycles. The van der Waals surface area contributed by atoms with Crippen molar-refractivity contribution in [1.82, 2.24) is 0 Å². The largest absolute Gasteiger partial charge is 0.489 e. The zero-order valence-corrected chi connectivity index (χ0v) is 9.65. The van der Waals surface area contributed by atoms with E-state index in [9.17, 15) is 0 Å². The summed E-state index contributed by atoms with van der Waals surface area (Å²) in [6, 6.07) is 10.4.